The summed E-state index contributed by atoms with van der Waals surface area (Å²) in [5.74, 6) is -0.652. The molecule has 4 nitrogen and oxygen atoms in total. The van der Waals surface area contributed by atoms with E-state index in [4.69, 9.17) is 0 Å². The molecule has 0 bridgehead atoms. The van der Waals surface area contributed by atoms with E-state index in [1.165, 1.54) is 24.3 Å². The molecule has 1 aliphatic heterocycles. The van der Waals surface area contributed by atoms with Crippen LogP contribution in [0.2, 0.25) is 0 Å². The first-order chi connectivity index (χ1) is 13.6. The number of carbonyl (C=O) groups excluding carboxylic acids is 2. The van der Waals surface area contributed by atoms with Crippen LogP contribution in [0.1, 0.15) is 32.7 Å². The van der Waals surface area contributed by atoms with E-state index in [0.717, 1.165) is 24.1 Å². The van der Waals surface area contributed by atoms with Gasteiger partial charge in [-0.2, -0.15) is 0 Å². The van der Waals surface area contributed by atoms with Gasteiger partial charge in [-0.25, -0.2) is 4.39 Å². The number of hydrogen-bond acceptors (Lipinski definition) is 2. The Morgan fingerprint density at radius 1 is 0.893 bits per heavy atom. The van der Waals surface area contributed by atoms with E-state index in [2.05, 4.69) is 5.32 Å². The fourth-order valence-electron chi connectivity index (χ4n) is 3.42. The smallest absolute Gasteiger partial charge is 0.258 e. The van der Waals surface area contributed by atoms with Gasteiger partial charge in [-0.05, 0) is 73.0 Å². The Morgan fingerprint density at radius 2 is 1.64 bits per heavy atom. The Kier molecular flexibility index (Phi) is 4.89. The lowest BCUT2D eigenvalue weighted by atomic mass is 9.98. The van der Waals surface area contributed by atoms with Crippen LogP contribution in [-0.2, 0) is 6.42 Å². The Morgan fingerprint density at radius 3 is 2.39 bits per heavy atom. The second-order valence-electron chi connectivity index (χ2n) is 6.73. The highest BCUT2D eigenvalue weighted by Crippen LogP contribution is 2.29. The quantitative estimate of drug-likeness (QED) is 0.724. The largest absolute Gasteiger partial charge is 0.322 e. The normalized spacial score (nSPS) is 13.0. The molecular weight excluding hydrogens is 355 g/mol. The summed E-state index contributed by atoms with van der Waals surface area (Å²) in [4.78, 5) is 27.2. The molecule has 140 valence electrons. The third-order valence-corrected chi connectivity index (χ3v) is 4.83. The summed E-state index contributed by atoms with van der Waals surface area (Å²) in [5, 5.41) is 2.77. The molecule has 0 atom stereocenters. The summed E-state index contributed by atoms with van der Waals surface area (Å²) < 4.78 is 13.0. The maximum Gasteiger partial charge on any atom is 0.258 e. The van der Waals surface area contributed by atoms with Crippen LogP contribution in [0.5, 0.6) is 0 Å². The second kappa shape index (κ2) is 7.64. The highest BCUT2D eigenvalue weighted by Gasteiger charge is 2.24. The lowest BCUT2D eigenvalue weighted by molar-refractivity contribution is 0.0984. The van der Waals surface area contributed by atoms with E-state index in [0.29, 0.717) is 23.4 Å². The molecule has 0 fully saturated rings. The third-order valence-electron chi connectivity index (χ3n) is 4.83. The number of hydrogen-bond donors (Lipinski definition) is 1. The third kappa shape index (κ3) is 3.64. The first kappa shape index (κ1) is 17.9. The minimum Gasteiger partial charge on any atom is -0.322 e. The van der Waals surface area contributed by atoms with Gasteiger partial charge in [0.1, 0.15) is 5.82 Å². The second-order valence-corrected chi connectivity index (χ2v) is 6.73. The predicted molar refractivity (Wildman–Crippen MR) is 107 cm³/mol. The monoisotopic (exact) mass is 374 g/mol. The lowest BCUT2D eigenvalue weighted by Crippen LogP contribution is -2.35. The number of amides is 2. The van der Waals surface area contributed by atoms with Crippen LogP contribution in [0.3, 0.4) is 0 Å². The van der Waals surface area contributed by atoms with E-state index < -0.39 is 0 Å². The first-order valence-corrected chi connectivity index (χ1v) is 9.18. The molecule has 1 aliphatic rings. The van der Waals surface area contributed by atoms with Crippen LogP contribution in [-0.4, -0.2) is 18.4 Å². The maximum atomic E-state index is 13.0. The van der Waals surface area contributed by atoms with Gasteiger partial charge in [0.25, 0.3) is 11.8 Å². The number of nitrogens with zero attached hydrogens (tertiary/aromatic N) is 1. The summed E-state index contributed by atoms with van der Waals surface area (Å²) in [5.41, 5.74) is 3.51. The number of aryl methyl sites for hydroxylation is 1. The van der Waals surface area contributed by atoms with Gasteiger partial charge in [-0.15, -0.1) is 0 Å². The van der Waals surface area contributed by atoms with Crippen LogP contribution in [0.4, 0.5) is 15.8 Å². The topological polar surface area (TPSA) is 49.4 Å². The standard InChI is InChI=1S/C23H19FN2O2/c24-19-9-11-20(12-10-19)25-22(27)18-8-13-21-17(15-18)7-4-14-26(21)23(28)16-5-2-1-3-6-16/h1-3,5-6,8-13,15H,4,7,14H2,(H,25,27). The molecule has 0 aromatic heterocycles. The molecule has 0 saturated carbocycles. The zero-order chi connectivity index (χ0) is 19.5. The van der Waals surface area contributed by atoms with Crippen molar-refractivity contribution in [2.75, 3.05) is 16.8 Å². The van der Waals surface area contributed by atoms with Crippen LogP contribution < -0.4 is 10.2 Å². The first-order valence-electron chi connectivity index (χ1n) is 9.18. The van der Waals surface area contributed by atoms with Crippen LogP contribution in [0.25, 0.3) is 0 Å². The molecule has 5 heteroatoms. The number of fused-ring (bicyclic) bond motifs is 1. The highest BCUT2D eigenvalue weighted by atomic mass is 19.1. The van der Waals surface area contributed by atoms with Crippen LogP contribution in [0, 0.1) is 5.82 Å². The molecule has 0 spiro atoms. The predicted octanol–water partition coefficient (Wildman–Crippen LogP) is 4.67. The average molecular weight is 374 g/mol. The van der Waals surface area contributed by atoms with Crippen molar-refractivity contribution >= 4 is 23.2 Å². The van der Waals surface area contributed by atoms with E-state index >= 15 is 0 Å². The van der Waals surface area contributed by atoms with Crippen LogP contribution >= 0.6 is 0 Å². The molecule has 1 heterocycles. The van der Waals surface area contributed by atoms with Gasteiger partial charge in [0.05, 0.1) is 0 Å². The number of rotatable bonds is 3. The fourth-order valence-corrected chi connectivity index (χ4v) is 3.42. The van der Waals surface area contributed by atoms with Crippen molar-refractivity contribution in [2.24, 2.45) is 0 Å². The molecule has 0 aliphatic carbocycles. The molecule has 0 radical (unpaired) electrons. The van der Waals surface area contributed by atoms with Crippen molar-refractivity contribution in [3.05, 3.63) is 95.3 Å². The molecule has 3 aromatic rings. The van der Waals surface area contributed by atoms with Crippen molar-refractivity contribution in [3.63, 3.8) is 0 Å². The number of anilines is 2. The van der Waals surface area contributed by atoms with Crippen molar-refractivity contribution in [1.82, 2.24) is 0 Å². The van der Waals surface area contributed by atoms with E-state index in [1.807, 2.05) is 30.3 Å². The Hall–Kier alpha value is -3.47. The zero-order valence-corrected chi connectivity index (χ0v) is 15.2. The molecule has 28 heavy (non-hydrogen) atoms. The van der Waals surface area contributed by atoms with Crippen molar-refractivity contribution < 1.29 is 14.0 Å². The molecule has 1 N–H and O–H groups in total. The number of benzene rings is 3. The van der Waals surface area contributed by atoms with Crippen molar-refractivity contribution in [2.45, 2.75) is 12.8 Å². The van der Waals surface area contributed by atoms with Crippen molar-refractivity contribution in [1.29, 1.82) is 0 Å². The number of halogens is 1. The molecule has 4 rings (SSSR count). The van der Waals surface area contributed by atoms with Gasteiger partial charge < -0.3 is 10.2 Å². The number of carbonyl (C=O) groups is 2. The van der Waals surface area contributed by atoms with Gasteiger partial charge in [-0.1, -0.05) is 18.2 Å². The summed E-state index contributed by atoms with van der Waals surface area (Å²) in [7, 11) is 0. The Bertz CT molecular complexity index is 1020. The molecule has 0 unspecified atom stereocenters. The molecule has 2 amide bonds. The summed E-state index contributed by atoms with van der Waals surface area (Å²) in [6, 6.07) is 20.2. The number of nitrogens with one attached hydrogen (secondary N) is 1. The minimum atomic E-state index is -0.352. The Labute approximate surface area is 162 Å². The molecule has 0 saturated heterocycles. The highest BCUT2D eigenvalue weighted by molar-refractivity contribution is 6.08. The summed E-state index contributed by atoms with van der Waals surface area (Å²) >= 11 is 0. The fraction of sp³-hybridized carbons (Fsp3) is 0.130. The van der Waals surface area contributed by atoms with E-state index in [1.54, 1.807) is 23.1 Å². The van der Waals surface area contributed by atoms with Crippen molar-refractivity contribution in [3.8, 4) is 0 Å². The average Bonchev–Trinajstić information content (AvgIpc) is 2.74. The van der Waals surface area contributed by atoms with Gasteiger partial charge in [-0.3, -0.25) is 9.59 Å². The maximum absolute atomic E-state index is 13.0. The van der Waals surface area contributed by atoms with E-state index in [-0.39, 0.29) is 17.6 Å². The van der Waals surface area contributed by atoms with E-state index in [9.17, 15) is 14.0 Å². The minimum absolute atomic E-state index is 0.0370. The van der Waals surface area contributed by atoms with Crippen LogP contribution in [0.15, 0.2) is 72.8 Å². The van der Waals surface area contributed by atoms with Gasteiger partial charge in [0, 0.05) is 29.0 Å². The van der Waals surface area contributed by atoms with Gasteiger partial charge >= 0.3 is 0 Å². The SMILES string of the molecule is O=C(Nc1ccc(F)cc1)c1ccc2c(c1)CCCN2C(=O)c1ccccc1. The molecular formula is C23H19FN2O2. The summed E-state index contributed by atoms with van der Waals surface area (Å²) in [6.45, 7) is 0.655. The van der Waals surface area contributed by atoms with Gasteiger partial charge in [0.2, 0.25) is 0 Å². The molecule has 3 aromatic carbocycles. The Balaban J connectivity index is 1.57. The summed E-state index contributed by atoms with van der Waals surface area (Å²) in [6.07, 6.45) is 1.65. The zero-order valence-electron chi connectivity index (χ0n) is 15.2. The van der Waals surface area contributed by atoms with Gasteiger partial charge in [0.15, 0.2) is 0 Å². The lowest BCUT2D eigenvalue weighted by Gasteiger charge is -2.30.